The molecule has 0 spiro atoms. The second-order valence-electron chi connectivity index (χ2n) is 6.88. The first-order valence-corrected chi connectivity index (χ1v) is 9.82. The number of primary amides is 1. The minimum Gasteiger partial charge on any atom is -0.507 e. The number of alkyl halides is 2. The molecule has 0 unspecified atom stereocenters. The van der Waals surface area contributed by atoms with Gasteiger partial charge in [-0.25, -0.2) is 4.98 Å². The first-order valence-electron chi connectivity index (χ1n) is 9.82. The van der Waals surface area contributed by atoms with Crippen molar-refractivity contribution in [3.05, 3.63) is 60.2 Å². The predicted octanol–water partition coefficient (Wildman–Crippen LogP) is 5.03. The minimum atomic E-state index is -2.96. The molecule has 8 heteroatoms. The summed E-state index contributed by atoms with van der Waals surface area (Å²) in [6.07, 6.45) is 1.92. The average molecular weight is 427 g/mol. The van der Waals surface area contributed by atoms with E-state index in [0.717, 1.165) is 12.8 Å². The van der Waals surface area contributed by atoms with E-state index in [2.05, 4.69) is 22.0 Å². The quantitative estimate of drug-likeness (QED) is 0.416. The van der Waals surface area contributed by atoms with Crippen molar-refractivity contribution < 1.29 is 23.4 Å². The molecule has 6 nitrogen and oxygen atoms in total. The topological polar surface area (TPSA) is 97.5 Å². The number of pyridine rings is 1. The largest absolute Gasteiger partial charge is 0.507 e. The molecule has 2 aromatic carbocycles. The molecular formula is C23H23F2N3O3. The fourth-order valence-electron chi connectivity index (χ4n) is 3.11. The van der Waals surface area contributed by atoms with Crippen molar-refractivity contribution in [3.63, 3.8) is 0 Å². The average Bonchev–Trinajstić information content (AvgIpc) is 2.74. The van der Waals surface area contributed by atoms with Gasteiger partial charge in [0.25, 0.3) is 5.91 Å². The van der Waals surface area contributed by atoms with E-state index >= 15 is 0 Å². The molecule has 3 rings (SSSR count). The Morgan fingerprint density at radius 1 is 1.16 bits per heavy atom. The second kappa shape index (κ2) is 9.88. The highest BCUT2D eigenvalue weighted by molar-refractivity contribution is 5.97. The summed E-state index contributed by atoms with van der Waals surface area (Å²) in [6.45, 7) is -0.208. The number of nitrogens with zero attached hydrogens (tertiary/aromatic N) is 1. The van der Waals surface area contributed by atoms with Gasteiger partial charge in [-0.05, 0) is 48.4 Å². The zero-order chi connectivity index (χ0) is 22.4. The standard InChI is InChI=1S/C23H23F2N3O3/c1-2-3-10-27-21-13-15(16-6-4-5-7-20(16)31-23(24)25)12-18(28-21)14-8-9-19(29)17(11-14)22(26)30/h4-9,11-13,23,29H,2-3,10H2,1H3,(H2,26,30)(H,27,28). The van der Waals surface area contributed by atoms with Crippen molar-refractivity contribution in [2.45, 2.75) is 26.4 Å². The van der Waals surface area contributed by atoms with Gasteiger partial charge in [-0.1, -0.05) is 31.5 Å². The van der Waals surface area contributed by atoms with Crippen molar-refractivity contribution in [2.75, 3.05) is 11.9 Å². The number of anilines is 1. The monoisotopic (exact) mass is 427 g/mol. The summed E-state index contributed by atoms with van der Waals surface area (Å²) in [5.41, 5.74) is 7.40. The molecule has 162 valence electrons. The Hall–Kier alpha value is -3.68. The number of halogens is 2. The highest BCUT2D eigenvalue weighted by Gasteiger charge is 2.15. The summed E-state index contributed by atoms with van der Waals surface area (Å²) in [5.74, 6) is -0.420. The number of amides is 1. The normalized spacial score (nSPS) is 10.8. The number of unbranched alkanes of at least 4 members (excludes halogenated alkanes) is 1. The summed E-state index contributed by atoms with van der Waals surface area (Å²) in [7, 11) is 0. The lowest BCUT2D eigenvalue weighted by Crippen LogP contribution is -2.11. The first kappa shape index (κ1) is 22.0. The number of hydrogen-bond acceptors (Lipinski definition) is 5. The van der Waals surface area contributed by atoms with Crippen LogP contribution < -0.4 is 15.8 Å². The van der Waals surface area contributed by atoms with E-state index < -0.39 is 12.5 Å². The third-order valence-electron chi connectivity index (χ3n) is 4.63. The summed E-state index contributed by atoms with van der Waals surface area (Å²) >= 11 is 0. The van der Waals surface area contributed by atoms with Crippen LogP contribution in [0.5, 0.6) is 11.5 Å². The summed E-state index contributed by atoms with van der Waals surface area (Å²) < 4.78 is 30.5. The summed E-state index contributed by atoms with van der Waals surface area (Å²) in [4.78, 5) is 16.2. The van der Waals surface area contributed by atoms with E-state index in [1.54, 1.807) is 36.4 Å². The second-order valence-corrected chi connectivity index (χ2v) is 6.88. The number of aromatic nitrogens is 1. The number of ether oxygens (including phenoxy) is 1. The van der Waals surface area contributed by atoms with E-state index in [9.17, 15) is 18.7 Å². The maximum atomic E-state index is 12.9. The molecule has 0 aliphatic rings. The summed E-state index contributed by atoms with van der Waals surface area (Å²) in [5, 5.41) is 13.1. The van der Waals surface area contributed by atoms with Crippen molar-refractivity contribution in [2.24, 2.45) is 5.73 Å². The number of nitrogens with one attached hydrogen (secondary N) is 1. The SMILES string of the molecule is CCCCNc1cc(-c2ccccc2OC(F)F)cc(-c2ccc(O)c(C(N)=O)c2)n1. The van der Waals surface area contributed by atoms with Gasteiger partial charge in [0.2, 0.25) is 0 Å². The maximum Gasteiger partial charge on any atom is 0.387 e. The molecule has 0 fully saturated rings. The molecular weight excluding hydrogens is 404 g/mol. The third-order valence-corrected chi connectivity index (χ3v) is 4.63. The van der Waals surface area contributed by atoms with Crippen molar-refractivity contribution in [3.8, 4) is 33.9 Å². The van der Waals surface area contributed by atoms with Crippen LogP contribution in [-0.4, -0.2) is 29.2 Å². The smallest absolute Gasteiger partial charge is 0.387 e. The molecule has 1 heterocycles. The van der Waals surface area contributed by atoms with Crippen LogP contribution in [-0.2, 0) is 0 Å². The van der Waals surface area contributed by atoms with Crippen LogP contribution >= 0.6 is 0 Å². The highest BCUT2D eigenvalue weighted by Crippen LogP contribution is 2.35. The van der Waals surface area contributed by atoms with E-state index in [4.69, 9.17) is 5.73 Å². The van der Waals surface area contributed by atoms with Gasteiger partial charge < -0.3 is 20.9 Å². The number of hydrogen-bond donors (Lipinski definition) is 3. The lowest BCUT2D eigenvalue weighted by molar-refractivity contribution is -0.0494. The number of rotatable bonds is 9. The fourth-order valence-corrected chi connectivity index (χ4v) is 3.11. The van der Waals surface area contributed by atoms with Gasteiger partial charge in [-0.15, -0.1) is 0 Å². The molecule has 0 saturated carbocycles. The maximum absolute atomic E-state index is 12.9. The van der Waals surface area contributed by atoms with Crippen LogP contribution in [0.3, 0.4) is 0 Å². The van der Waals surface area contributed by atoms with Crippen LogP contribution in [0.2, 0.25) is 0 Å². The van der Waals surface area contributed by atoms with Gasteiger partial charge in [0.15, 0.2) is 0 Å². The molecule has 31 heavy (non-hydrogen) atoms. The Morgan fingerprint density at radius 3 is 2.65 bits per heavy atom. The molecule has 0 atom stereocenters. The van der Waals surface area contributed by atoms with E-state index in [-0.39, 0.29) is 17.1 Å². The van der Waals surface area contributed by atoms with Crippen molar-refractivity contribution >= 4 is 11.7 Å². The number of carbonyl (C=O) groups excluding carboxylic acids is 1. The van der Waals surface area contributed by atoms with Gasteiger partial charge in [0, 0.05) is 17.7 Å². The molecule has 4 N–H and O–H groups in total. The Bertz CT molecular complexity index is 1070. The zero-order valence-corrected chi connectivity index (χ0v) is 16.9. The molecule has 0 aliphatic heterocycles. The lowest BCUT2D eigenvalue weighted by Gasteiger charge is -2.14. The van der Waals surface area contributed by atoms with Crippen LogP contribution in [0.25, 0.3) is 22.4 Å². The van der Waals surface area contributed by atoms with Crippen LogP contribution in [0.15, 0.2) is 54.6 Å². The Kier molecular flexibility index (Phi) is 7.02. The minimum absolute atomic E-state index is 0.0355. The zero-order valence-electron chi connectivity index (χ0n) is 16.9. The third kappa shape index (κ3) is 5.48. The molecule has 1 aromatic heterocycles. The van der Waals surface area contributed by atoms with E-state index in [0.29, 0.717) is 34.7 Å². The van der Waals surface area contributed by atoms with Gasteiger partial charge in [-0.3, -0.25) is 4.79 Å². The van der Waals surface area contributed by atoms with E-state index in [1.165, 1.54) is 18.2 Å². The number of carbonyl (C=O) groups is 1. The predicted molar refractivity (Wildman–Crippen MR) is 115 cm³/mol. The molecule has 0 radical (unpaired) electrons. The first-order chi connectivity index (χ1) is 14.9. The molecule has 0 aliphatic carbocycles. The number of para-hydroxylation sites is 1. The van der Waals surface area contributed by atoms with Gasteiger partial charge in [0.1, 0.15) is 17.3 Å². The fraction of sp³-hybridized carbons (Fsp3) is 0.217. The molecule has 3 aromatic rings. The van der Waals surface area contributed by atoms with Crippen LogP contribution in [0.1, 0.15) is 30.1 Å². The number of benzene rings is 2. The van der Waals surface area contributed by atoms with Gasteiger partial charge in [-0.2, -0.15) is 8.78 Å². The van der Waals surface area contributed by atoms with Gasteiger partial charge in [0.05, 0.1) is 11.3 Å². The van der Waals surface area contributed by atoms with Crippen molar-refractivity contribution in [1.29, 1.82) is 0 Å². The summed E-state index contributed by atoms with van der Waals surface area (Å²) in [6, 6.07) is 14.4. The van der Waals surface area contributed by atoms with Gasteiger partial charge >= 0.3 is 6.61 Å². The van der Waals surface area contributed by atoms with E-state index in [1.807, 2.05) is 0 Å². The number of aromatic hydroxyl groups is 1. The Morgan fingerprint density at radius 2 is 1.94 bits per heavy atom. The molecule has 1 amide bonds. The number of phenols is 1. The molecule has 0 bridgehead atoms. The highest BCUT2D eigenvalue weighted by atomic mass is 19.3. The van der Waals surface area contributed by atoms with Crippen LogP contribution in [0.4, 0.5) is 14.6 Å². The number of nitrogens with two attached hydrogens (primary N) is 1. The Balaban J connectivity index is 2.12. The van der Waals surface area contributed by atoms with Crippen LogP contribution in [0, 0.1) is 0 Å². The van der Waals surface area contributed by atoms with Crippen molar-refractivity contribution in [1.82, 2.24) is 4.98 Å². The lowest BCUT2D eigenvalue weighted by atomic mass is 10.0. The Labute approximate surface area is 178 Å². The molecule has 0 saturated heterocycles.